The van der Waals surface area contributed by atoms with Gasteiger partial charge in [0, 0.05) is 10.9 Å². The Labute approximate surface area is 181 Å². The highest BCUT2D eigenvalue weighted by Gasteiger charge is 2.31. The van der Waals surface area contributed by atoms with Crippen molar-refractivity contribution in [2.45, 2.75) is 19.8 Å². The molecule has 0 spiro atoms. The number of rotatable bonds is 4. The van der Waals surface area contributed by atoms with Crippen molar-refractivity contribution in [3.8, 4) is 17.2 Å². The second kappa shape index (κ2) is 9.45. The van der Waals surface area contributed by atoms with Gasteiger partial charge in [-0.15, -0.1) is 0 Å². The average molecular weight is 420 g/mol. The zero-order valence-corrected chi connectivity index (χ0v) is 17.0. The fourth-order valence-electron chi connectivity index (χ4n) is 3.52. The van der Waals surface area contributed by atoms with E-state index in [-0.39, 0.29) is 5.75 Å². The molecule has 7 nitrogen and oxygen atoms in total. The van der Waals surface area contributed by atoms with Crippen LogP contribution in [-0.4, -0.2) is 36.5 Å². The lowest BCUT2D eigenvalue weighted by molar-refractivity contribution is 0.274. The minimum Gasteiger partial charge on any atom is -0.508 e. The lowest BCUT2D eigenvalue weighted by atomic mass is 9.79. The molecule has 3 aromatic rings. The van der Waals surface area contributed by atoms with Crippen LogP contribution in [0, 0.1) is 0 Å². The molecule has 31 heavy (non-hydrogen) atoms. The summed E-state index contributed by atoms with van der Waals surface area (Å²) in [7, 11) is -0.205. The molecule has 0 unspecified atom stereocenters. The Morgan fingerprint density at radius 3 is 2.10 bits per heavy atom. The van der Waals surface area contributed by atoms with Crippen LogP contribution in [0.5, 0.6) is 17.2 Å². The lowest BCUT2D eigenvalue weighted by Gasteiger charge is -2.11. The van der Waals surface area contributed by atoms with Crippen LogP contribution in [0.4, 0.5) is 0 Å². The summed E-state index contributed by atoms with van der Waals surface area (Å²) in [4.78, 5) is 0. The van der Waals surface area contributed by atoms with Crippen molar-refractivity contribution in [3.05, 3.63) is 77.4 Å². The van der Waals surface area contributed by atoms with Crippen molar-refractivity contribution in [2.75, 3.05) is 7.11 Å². The minimum absolute atomic E-state index is 0.104. The molecule has 3 N–H and O–H groups in total. The van der Waals surface area contributed by atoms with Gasteiger partial charge in [-0.25, -0.2) is 0 Å². The van der Waals surface area contributed by atoms with Gasteiger partial charge < -0.3 is 33.9 Å². The van der Waals surface area contributed by atoms with Crippen LogP contribution in [0.2, 0.25) is 0 Å². The van der Waals surface area contributed by atoms with E-state index in [1.54, 1.807) is 13.2 Å². The van der Waals surface area contributed by atoms with Gasteiger partial charge in [-0.2, -0.15) is 0 Å². The number of phenols is 1. The summed E-state index contributed by atoms with van der Waals surface area (Å²) in [6, 6.07) is 18.5. The van der Waals surface area contributed by atoms with Crippen LogP contribution in [0.25, 0.3) is 0 Å². The lowest BCUT2D eigenvalue weighted by Crippen LogP contribution is -2.29. The molecule has 2 heterocycles. The molecule has 2 aliphatic heterocycles. The number of fused-ring (bicyclic) bond motifs is 2. The molecule has 158 valence electrons. The number of ether oxygens (including phenoxy) is 2. The van der Waals surface area contributed by atoms with Gasteiger partial charge >= 0.3 is 14.2 Å². The quantitative estimate of drug-likeness (QED) is 0.544. The van der Waals surface area contributed by atoms with Crippen molar-refractivity contribution in [1.29, 1.82) is 0 Å². The second-order valence-corrected chi connectivity index (χ2v) is 7.14. The van der Waals surface area contributed by atoms with Gasteiger partial charge in [0.15, 0.2) is 0 Å². The zero-order valence-electron chi connectivity index (χ0n) is 17.0. The Morgan fingerprint density at radius 2 is 1.45 bits per heavy atom. The van der Waals surface area contributed by atoms with Crippen LogP contribution in [0.15, 0.2) is 60.7 Å². The van der Waals surface area contributed by atoms with Crippen LogP contribution >= 0.6 is 0 Å². The topological polar surface area (TPSA) is 97.6 Å². The number of methoxy groups -OCH3 is 1. The van der Waals surface area contributed by atoms with Crippen molar-refractivity contribution < 1.29 is 33.9 Å². The zero-order chi connectivity index (χ0) is 21.8. The van der Waals surface area contributed by atoms with E-state index in [1.807, 2.05) is 48.5 Å². The van der Waals surface area contributed by atoms with E-state index < -0.39 is 14.2 Å². The van der Waals surface area contributed by atoms with Crippen LogP contribution in [-0.2, 0) is 29.1 Å². The minimum atomic E-state index is -0.953. The van der Waals surface area contributed by atoms with E-state index in [0.717, 1.165) is 27.9 Å². The van der Waals surface area contributed by atoms with E-state index in [1.165, 1.54) is 6.07 Å². The highest BCUT2D eigenvalue weighted by molar-refractivity contribution is 6.63. The summed E-state index contributed by atoms with van der Waals surface area (Å²) in [5.74, 6) is 1.59. The Morgan fingerprint density at radius 1 is 0.839 bits per heavy atom. The Bertz CT molecular complexity index is 1040. The Hall–Kier alpha value is -2.97. The van der Waals surface area contributed by atoms with Gasteiger partial charge in [-0.1, -0.05) is 36.4 Å². The molecular formula is C22H22B2O7. The maximum absolute atomic E-state index is 9.81. The molecule has 0 fully saturated rings. The molecule has 0 amide bonds. The molecule has 0 radical (unpaired) electrons. The molecule has 0 bridgehead atoms. The van der Waals surface area contributed by atoms with Crippen LogP contribution in [0.3, 0.4) is 0 Å². The van der Waals surface area contributed by atoms with E-state index in [0.29, 0.717) is 31.0 Å². The summed E-state index contributed by atoms with van der Waals surface area (Å²) >= 11 is 0. The van der Waals surface area contributed by atoms with Gasteiger partial charge in [0.25, 0.3) is 0 Å². The summed E-state index contributed by atoms with van der Waals surface area (Å²) in [6.07, 6.45) is 0. The fourth-order valence-corrected chi connectivity index (χ4v) is 3.52. The number of benzene rings is 3. The summed E-state index contributed by atoms with van der Waals surface area (Å²) in [6.45, 7) is 1.24. The normalized spacial score (nSPS) is 13.9. The molecule has 0 atom stereocenters. The molecule has 0 saturated heterocycles. The highest BCUT2D eigenvalue weighted by atomic mass is 16.5. The van der Waals surface area contributed by atoms with Gasteiger partial charge in [0.05, 0.1) is 20.3 Å². The first-order valence-electron chi connectivity index (χ1n) is 9.84. The molecule has 2 aliphatic rings. The molecule has 0 aromatic heterocycles. The van der Waals surface area contributed by atoms with Crippen molar-refractivity contribution in [3.63, 3.8) is 0 Å². The summed E-state index contributed by atoms with van der Waals surface area (Å²) in [5.41, 5.74) is 4.12. The monoisotopic (exact) mass is 420 g/mol. The molecule has 0 aliphatic carbocycles. The maximum Gasteiger partial charge on any atom is 0.495 e. The predicted octanol–water partition coefficient (Wildman–Crippen LogP) is 1.10. The maximum atomic E-state index is 9.81. The number of hydrogen-bond acceptors (Lipinski definition) is 7. The third-order valence-corrected chi connectivity index (χ3v) is 5.17. The third-order valence-electron chi connectivity index (χ3n) is 5.17. The molecule has 5 rings (SSSR count). The third kappa shape index (κ3) is 4.70. The van der Waals surface area contributed by atoms with Crippen molar-refractivity contribution in [1.82, 2.24) is 0 Å². The molecular weight excluding hydrogens is 398 g/mol. The van der Waals surface area contributed by atoms with Crippen molar-refractivity contribution in [2.24, 2.45) is 0 Å². The van der Waals surface area contributed by atoms with Gasteiger partial charge in [-0.3, -0.25) is 0 Å². The first-order chi connectivity index (χ1) is 15.1. The Balaban J connectivity index is 0.000000177. The van der Waals surface area contributed by atoms with Gasteiger partial charge in [-0.05, 0) is 41.0 Å². The first-order valence-corrected chi connectivity index (χ1v) is 9.84. The van der Waals surface area contributed by atoms with Crippen molar-refractivity contribution >= 4 is 25.2 Å². The largest absolute Gasteiger partial charge is 0.508 e. The SMILES string of the molecule is COc1ccc(COc2cccc3c2B(O)OC3)cc1.OB1OCc2cccc(O)c21. The van der Waals surface area contributed by atoms with Gasteiger partial charge in [0.2, 0.25) is 0 Å². The van der Waals surface area contributed by atoms with E-state index in [9.17, 15) is 15.2 Å². The number of hydrogen-bond donors (Lipinski definition) is 3. The van der Waals surface area contributed by atoms with E-state index in [2.05, 4.69) is 0 Å². The van der Waals surface area contributed by atoms with E-state index >= 15 is 0 Å². The smallest absolute Gasteiger partial charge is 0.495 e. The molecule has 9 heteroatoms. The highest BCUT2D eigenvalue weighted by Crippen LogP contribution is 2.20. The van der Waals surface area contributed by atoms with E-state index in [4.69, 9.17) is 18.8 Å². The number of aromatic hydroxyl groups is 1. The average Bonchev–Trinajstić information content (AvgIpc) is 3.37. The first kappa shape index (κ1) is 21.3. The standard InChI is InChI=1S/C15H15BO4.C7H7BO3/c1-18-13-7-5-11(6-8-13)9-19-14-4-2-3-12-10-20-16(17)15(12)14;9-6-3-1-2-5-4-11-8(10)7(5)6/h2-8,17H,9-10H2,1H3;1-3,9-10H,4H2. The van der Waals surface area contributed by atoms with Gasteiger partial charge in [0.1, 0.15) is 23.9 Å². The fraction of sp³-hybridized carbons (Fsp3) is 0.182. The number of phenolic OH excluding ortho intramolecular Hbond substituents is 1. The van der Waals surface area contributed by atoms with Crippen LogP contribution < -0.4 is 20.4 Å². The molecule has 0 saturated carbocycles. The summed E-state index contributed by atoms with van der Waals surface area (Å²) < 4.78 is 21.0. The predicted molar refractivity (Wildman–Crippen MR) is 117 cm³/mol. The Kier molecular flexibility index (Phi) is 6.48. The second-order valence-electron chi connectivity index (χ2n) is 7.14. The van der Waals surface area contributed by atoms with Crippen LogP contribution in [0.1, 0.15) is 16.7 Å². The molecule has 3 aromatic carbocycles. The summed E-state index contributed by atoms with van der Waals surface area (Å²) in [5, 5.41) is 28.3.